The molecule has 0 fully saturated rings. The Morgan fingerprint density at radius 2 is 2.10 bits per heavy atom. The molecule has 4 nitrogen and oxygen atoms in total. The second-order valence-corrected chi connectivity index (χ2v) is 5.68. The van der Waals surface area contributed by atoms with Gasteiger partial charge in [0.05, 0.1) is 17.3 Å². The first-order valence-electron chi connectivity index (χ1n) is 5.70. The molecule has 0 saturated heterocycles. The van der Waals surface area contributed by atoms with Crippen molar-refractivity contribution in [2.24, 2.45) is 0 Å². The van der Waals surface area contributed by atoms with Gasteiger partial charge >= 0.3 is 0 Å². The van der Waals surface area contributed by atoms with Crippen LogP contribution in [-0.2, 0) is 6.61 Å². The molecule has 0 N–H and O–H groups in total. The van der Waals surface area contributed by atoms with Crippen molar-refractivity contribution in [2.75, 3.05) is 7.11 Å². The number of ether oxygens (including phenoxy) is 2. The lowest BCUT2D eigenvalue weighted by Gasteiger charge is -2.13. The van der Waals surface area contributed by atoms with Gasteiger partial charge in [-0.25, -0.2) is 0 Å². The van der Waals surface area contributed by atoms with Crippen LogP contribution in [0.4, 0.5) is 0 Å². The van der Waals surface area contributed by atoms with Crippen LogP contribution >= 0.6 is 31.9 Å². The molecule has 104 valence electrons. The summed E-state index contributed by atoms with van der Waals surface area (Å²) in [5.74, 6) is 1.04. The smallest absolute Gasteiger partial charge is 0.175 e. The van der Waals surface area contributed by atoms with E-state index in [1.807, 2.05) is 12.1 Å². The van der Waals surface area contributed by atoms with Crippen LogP contribution in [0, 0.1) is 0 Å². The fourth-order valence-corrected chi connectivity index (χ4v) is 2.39. The second kappa shape index (κ2) is 6.85. The monoisotopic (exact) mass is 399 g/mol. The summed E-state index contributed by atoms with van der Waals surface area (Å²) in [4.78, 5) is 15.0. The Balaban J connectivity index is 2.20. The number of methoxy groups -OCH3 is 1. The van der Waals surface area contributed by atoms with Gasteiger partial charge in [-0.3, -0.25) is 9.78 Å². The second-order valence-electron chi connectivity index (χ2n) is 3.91. The molecule has 20 heavy (non-hydrogen) atoms. The van der Waals surface area contributed by atoms with Gasteiger partial charge in [0.15, 0.2) is 11.5 Å². The lowest BCUT2D eigenvalue weighted by atomic mass is 10.2. The zero-order chi connectivity index (χ0) is 14.5. The molecule has 0 saturated carbocycles. The van der Waals surface area contributed by atoms with Crippen LogP contribution < -0.4 is 9.47 Å². The summed E-state index contributed by atoms with van der Waals surface area (Å²) in [5, 5.41) is 0. The van der Waals surface area contributed by atoms with E-state index in [-0.39, 0.29) is 0 Å². The van der Waals surface area contributed by atoms with E-state index < -0.39 is 0 Å². The van der Waals surface area contributed by atoms with E-state index in [1.165, 1.54) is 7.11 Å². The quantitative estimate of drug-likeness (QED) is 0.711. The van der Waals surface area contributed by atoms with E-state index in [2.05, 4.69) is 36.8 Å². The number of aromatic nitrogens is 1. The maximum atomic E-state index is 10.8. The van der Waals surface area contributed by atoms with Crippen molar-refractivity contribution in [3.05, 3.63) is 50.7 Å². The van der Waals surface area contributed by atoms with Crippen molar-refractivity contribution >= 4 is 38.1 Å². The van der Waals surface area contributed by atoms with E-state index in [4.69, 9.17) is 9.47 Å². The zero-order valence-electron chi connectivity index (χ0n) is 10.6. The number of carbonyl (C=O) groups is 1. The molecule has 0 aliphatic heterocycles. The Kier molecular flexibility index (Phi) is 5.14. The van der Waals surface area contributed by atoms with Crippen molar-refractivity contribution in [3.63, 3.8) is 0 Å². The van der Waals surface area contributed by atoms with Gasteiger partial charge in [-0.1, -0.05) is 0 Å². The first-order valence-corrected chi connectivity index (χ1v) is 7.28. The van der Waals surface area contributed by atoms with Gasteiger partial charge in [-0.15, -0.1) is 0 Å². The number of hydrogen-bond donors (Lipinski definition) is 0. The Morgan fingerprint density at radius 1 is 1.30 bits per heavy atom. The molecule has 0 unspecified atom stereocenters. The SMILES string of the molecule is COc1cc(C=O)cc(Br)c1OCc1ccc(Br)cn1. The number of nitrogens with zero attached hydrogens (tertiary/aromatic N) is 1. The number of carbonyl (C=O) groups excluding carboxylic acids is 1. The standard InChI is InChI=1S/C14H11Br2NO3/c1-19-13-5-9(7-18)4-12(16)14(13)20-8-11-3-2-10(15)6-17-11/h2-7H,8H2,1H3. The number of aldehydes is 1. The highest BCUT2D eigenvalue weighted by Crippen LogP contribution is 2.36. The average molecular weight is 401 g/mol. The van der Waals surface area contributed by atoms with Gasteiger partial charge in [0, 0.05) is 16.2 Å². The van der Waals surface area contributed by atoms with Crippen LogP contribution in [-0.4, -0.2) is 18.4 Å². The molecule has 2 aromatic rings. The molecule has 0 aliphatic rings. The fourth-order valence-electron chi connectivity index (χ4n) is 1.59. The summed E-state index contributed by atoms with van der Waals surface area (Å²) in [6.07, 6.45) is 2.47. The summed E-state index contributed by atoms with van der Waals surface area (Å²) in [6.45, 7) is 0.308. The van der Waals surface area contributed by atoms with Crippen molar-refractivity contribution in [2.45, 2.75) is 6.61 Å². The third-order valence-electron chi connectivity index (χ3n) is 2.54. The summed E-state index contributed by atoms with van der Waals surface area (Å²) < 4.78 is 12.5. The molecule has 0 radical (unpaired) electrons. The molecule has 0 bridgehead atoms. The molecular formula is C14H11Br2NO3. The number of halogens is 2. The van der Waals surface area contributed by atoms with Crippen LogP contribution in [0.25, 0.3) is 0 Å². The van der Waals surface area contributed by atoms with Crippen LogP contribution in [0.3, 0.4) is 0 Å². The Bertz CT molecular complexity index is 615. The topological polar surface area (TPSA) is 48.4 Å². The molecule has 0 amide bonds. The normalized spacial score (nSPS) is 10.2. The Labute approximate surface area is 133 Å². The third kappa shape index (κ3) is 3.58. The highest BCUT2D eigenvalue weighted by Gasteiger charge is 2.12. The van der Waals surface area contributed by atoms with Crippen LogP contribution in [0.2, 0.25) is 0 Å². The lowest BCUT2D eigenvalue weighted by Crippen LogP contribution is -2.01. The summed E-state index contributed by atoms with van der Waals surface area (Å²) in [7, 11) is 1.53. The summed E-state index contributed by atoms with van der Waals surface area (Å²) in [5.41, 5.74) is 1.31. The molecular weight excluding hydrogens is 390 g/mol. The van der Waals surface area contributed by atoms with Gasteiger partial charge in [-0.05, 0) is 56.1 Å². The predicted octanol–water partition coefficient (Wildman–Crippen LogP) is 4.01. The average Bonchev–Trinajstić information content (AvgIpc) is 2.47. The number of hydrogen-bond acceptors (Lipinski definition) is 4. The van der Waals surface area contributed by atoms with E-state index >= 15 is 0 Å². The maximum absolute atomic E-state index is 10.8. The van der Waals surface area contributed by atoms with Gasteiger partial charge in [-0.2, -0.15) is 0 Å². The first kappa shape index (κ1) is 15.0. The molecule has 1 heterocycles. The van der Waals surface area contributed by atoms with Crippen molar-refractivity contribution in [1.29, 1.82) is 0 Å². The Hall–Kier alpha value is -1.40. The van der Waals surface area contributed by atoms with Crippen molar-refractivity contribution in [3.8, 4) is 11.5 Å². The molecule has 1 aromatic carbocycles. The van der Waals surface area contributed by atoms with E-state index in [0.29, 0.717) is 28.1 Å². The molecule has 1 aromatic heterocycles. The van der Waals surface area contributed by atoms with E-state index in [1.54, 1.807) is 18.3 Å². The van der Waals surface area contributed by atoms with E-state index in [0.717, 1.165) is 16.5 Å². The summed E-state index contributed by atoms with van der Waals surface area (Å²) >= 11 is 6.70. The van der Waals surface area contributed by atoms with Gasteiger partial charge in [0.1, 0.15) is 12.9 Å². The first-order chi connectivity index (χ1) is 9.63. The minimum Gasteiger partial charge on any atom is -0.493 e. The fraction of sp³-hybridized carbons (Fsp3) is 0.143. The van der Waals surface area contributed by atoms with Crippen LogP contribution in [0.1, 0.15) is 16.1 Å². The van der Waals surface area contributed by atoms with Gasteiger partial charge < -0.3 is 9.47 Å². The highest BCUT2D eigenvalue weighted by atomic mass is 79.9. The van der Waals surface area contributed by atoms with Gasteiger partial charge in [0.25, 0.3) is 0 Å². The minimum absolute atomic E-state index is 0.308. The van der Waals surface area contributed by atoms with Crippen LogP contribution in [0.15, 0.2) is 39.4 Å². The van der Waals surface area contributed by atoms with Crippen molar-refractivity contribution in [1.82, 2.24) is 4.98 Å². The number of pyridine rings is 1. The largest absolute Gasteiger partial charge is 0.493 e. The van der Waals surface area contributed by atoms with Gasteiger partial charge in [0.2, 0.25) is 0 Å². The third-order valence-corrected chi connectivity index (χ3v) is 3.60. The lowest BCUT2D eigenvalue weighted by molar-refractivity contribution is 0.112. The molecule has 0 atom stereocenters. The molecule has 0 aliphatic carbocycles. The molecule has 0 spiro atoms. The van der Waals surface area contributed by atoms with Crippen molar-refractivity contribution < 1.29 is 14.3 Å². The maximum Gasteiger partial charge on any atom is 0.175 e. The van der Waals surface area contributed by atoms with Crippen LogP contribution in [0.5, 0.6) is 11.5 Å². The highest BCUT2D eigenvalue weighted by molar-refractivity contribution is 9.10. The van der Waals surface area contributed by atoms with E-state index in [9.17, 15) is 4.79 Å². The predicted molar refractivity (Wildman–Crippen MR) is 82.4 cm³/mol. The minimum atomic E-state index is 0.308. The summed E-state index contributed by atoms with van der Waals surface area (Å²) in [6, 6.07) is 7.07. The molecule has 6 heteroatoms. The Morgan fingerprint density at radius 3 is 2.70 bits per heavy atom. The number of rotatable bonds is 5. The number of benzene rings is 1. The zero-order valence-corrected chi connectivity index (χ0v) is 13.8. The molecule has 2 rings (SSSR count).